The van der Waals surface area contributed by atoms with Gasteiger partial charge >= 0.3 is 18.1 Å². The highest BCUT2D eigenvalue weighted by Crippen LogP contribution is 2.53. The van der Waals surface area contributed by atoms with Crippen molar-refractivity contribution in [3.05, 3.63) is 88.0 Å². The maximum absolute atomic E-state index is 15.7. The molecule has 6 aromatic rings. The van der Waals surface area contributed by atoms with Gasteiger partial charge < -0.3 is 57.0 Å². The summed E-state index contributed by atoms with van der Waals surface area (Å²) < 4.78 is 101. The molecule has 9 atom stereocenters. The molecule has 9 aliphatic rings. The quantitative estimate of drug-likeness (QED) is 0.0891. The van der Waals surface area contributed by atoms with Crippen molar-refractivity contribution >= 4 is 70.6 Å². The van der Waals surface area contributed by atoms with Crippen LogP contribution in [0.25, 0.3) is 34.2 Å². The van der Waals surface area contributed by atoms with E-state index in [1.54, 1.807) is 56.6 Å². The maximum atomic E-state index is 15.7. The first kappa shape index (κ1) is 70.2. The van der Waals surface area contributed by atoms with Crippen molar-refractivity contribution < 1.29 is 93.2 Å². The summed E-state index contributed by atoms with van der Waals surface area (Å²) in [6, 6.07) is 1.89. The molecule has 6 fully saturated rings. The molecule has 102 heavy (non-hydrogen) atoms. The van der Waals surface area contributed by atoms with Crippen molar-refractivity contribution in [2.75, 3.05) is 89.3 Å². The number of hydrogen-bond acceptors (Lipinski definition) is 27. The number of methoxy groups -OCH3 is 1. The Morgan fingerprint density at radius 1 is 0.471 bits per heavy atom. The summed E-state index contributed by atoms with van der Waals surface area (Å²) in [5.41, 5.74) is -3.21. The van der Waals surface area contributed by atoms with Crippen LogP contribution in [-0.2, 0) is 67.0 Å². The monoisotopic (exact) mass is 1420 g/mol. The van der Waals surface area contributed by atoms with Crippen LogP contribution >= 0.6 is 0 Å². The summed E-state index contributed by atoms with van der Waals surface area (Å²) in [6.07, 6.45) is -3.65. The number of carbonyl (C=O) groups excluding carboxylic acids is 9. The second-order valence-electron chi connectivity index (χ2n) is 27.2. The molecule has 3 aromatic heterocycles. The van der Waals surface area contributed by atoms with E-state index in [0.717, 1.165) is 0 Å². The Morgan fingerprint density at radius 2 is 0.794 bits per heavy atom. The van der Waals surface area contributed by atoms with Crippen LogP contribution in [0, 0.1) is 60.3 Å². The number of hydrogen-bond donors (Lipinski definition) is 6. The summed E-state index contributed by atoms with van der Waals surface area (Å²) in [5.74, 6) is -7.00. The van der Waals surface area contributed by atoms with Gasteiger partial charge in [0, 0.05) is 91.0 Å². The molecular formula is C65H71F4N17O16. The fourth-order valence-corrected chi connectivity index (χ4v) is 16.2. The first-order chi connectivity index (χ1) is 48.4. The predicted molar refractivity (Wildman–Crippen MR) is 342 cm³/mol. The third kappa shape index (κ3) is 11.8. The number of benzene rings is 3. The number of halogens is 4. The van der Waals surface area contributed by atoms with E-state index in [4.69, 9.17) is 32.5 Å². The van der Waals surface area contributed by atoms with Gasteiger partial charge in [-0.3, -0.25) is 60.7 Å². The highest BCUT2D eigenvalue weighted by atomic mass is 19.2. The van der Waals surface area contributed by atoms with E-state index in [1.165, 1.54) is 37.1 Å². The molecule has 0 saturated carbocycles. The third-order valence-corrected chi connectivity index (χ3v) is 19.7. The van der Waals surface area contributed by atoms with Crippen molar-refractivity contribution in [2.24, 2.45) is 16.2 Å². The third-order valence-electron chi connectivity index (χ3n) is 19.7. The van der Waals surface area contributed by atoms with Gasteiger partial charge in [-0.1, -0.05) is 15.5 Å². The van der Waals surface area contributed by atoms with Crippen LogP contribution in [0.5, 0.6) is 0 Å². The van der Waals surface area contributed by atoms with Crippen LogP contribution < -0.4 is 46.6 Å². The smallest absolute Gasteiger partial charge is 0.328 e. The molecular weight excluding hydrogens is 1350 g/mol. The lowest BCUT2D eigenvalue weighted by atomic mass is 9.66. The molecule has 12 amide bonds. The van der Waals surface area contributed by atoms with Gasteiger partial charge in [-0.2, -0.15) is 15.0 Å². The van der Waals surface area contributed by atoms with Gasteiger partial charge in [-0.25, -0.2) is 31.9 Å². The molecule has 37 heteroatoms. The Hall–Kier alpha value is -10.2. The Morgan fingerprint density at radius 3 is 1.13 bits per heavy atom. The number of aryl methyl sites for hydroxylation is 3. The Kier molecular flexibility index (Phi) is 18.1. The fraction of sp³-hybridized carbons (Fsp3) is 0.492. The zero-order chi connectivity index (χ0) is 73.1. The van der Waals surface area contributed by atoms with Crippen LogP contribution in [0.15, 0.2) is 43.9 Å². The fourth-order valence-electron chi connectivity index (χ4n) is 16.2. The van der Waals surface area contributed by atoms with E-state index in [2.05, 4.69) is 62.3 Å². The van der Waals surface area contributed by atoms with Crippen molar-refractivity contribution in [3.63, 3.8) is 0 Å². The first-order valence-corrected chi connectivity index (χ1v) is 32.5. The number of nitrogens with one attached hydrogen (secondary N) is 6. The van der Waals surface area contributed by atoms with E-state index in [0.29, 0.717) is 52.8 Å². The number of amides is 12. The summed E-state index contributed by atoms with van der Waals surface area (Å²) in [4.78, 5) is 136. The van der Waals surface area contributed by atoms with Gasteiger partial charge in [0.1, 0.15) is 11.6 Å². The number of anilines is 3. The van der Waals surface area contributed by atoms with Crippen LogP contribution in [0.4, 0.5) is 49.0 Å². The molecule has 9 aliphatic heterocycles. The Labute approximate surface area is 577 Å². The van der Waals surface area contributed by atoms with Gasteiger partial charge in [0.05, 0.1) is 84.0 Å². The molecule has 0 unspecified atom stereocenters. The molecule has 0 aliphatic carbocycles. The maximum Gasteiger partial charge on any atom is 0.328 e. The molecule has 6 N–H and O–H groups in total. The Balaban J connectivity index is 0.000000137. The van der Waals surface area contributed by atoms with E-state index >= 15 is 17.6 Å². The summed E-state index contributed by atoms with van der Waals surface area (Å²) in [7, 11) is 9.02. The van der Waals surface area contributed by atoms with E-state index < -0.39 is 142 Å². The lowest BCUT2D eigenvalue weighted by Gasteiger charge is -2.55. The molecule has 3 aromatic carbocycles. The lowest BCUT2D eigenvalue weighted by Crippen LogP contribution is -2.75. The summed E-state index contributed by atoms with van der Waals surface area (Å²) in [5, 5.41) is 24.6. The Bertz CT molecular complexity index is 4430. The SMILES string of the molecule is COC[C@@H]1CN2c3c(F)cc(-c4noc(C)n4)cc3CC3(C(=O)NC(=O)NC3=O)[C@H]2[C@H](C)O1.Cc1nc(-c2cc(F)c3c(c2)CC2(C(=O)NC(=O)NC2=O)[C@H]2[C@H](C)O[C@H](CN(C)C)CN32)no1.Cc1nc(-c2cc3c(c(F)c2F)N2C[C@@H](CN(C)C)O[C@@H](C)[C@@H]2C2(C3)C(=O)NC(=O)NC2=O)no1. The molecule has 0 radical (unpaired) electrons. The van der Waals surface area contributed by atoms with Crippen LogP contribution in [0.1, 0.15) is 55.1 Å². The number of rotatable bonds is 9. The normalized spacial score (nSPS) is 25.7. The summed E-state index contributed by atoms with van der Waals surface area (Å²) in [6.45, 7) is 11.7. The van der Waals surface area contributed by atoms with Crippen molar-refractivity contribution in [2.45, 2.75) is 116 Å². The average molecular weight is 1420 g/mol. The van der Waals surface area contributed by atoms with Gasteiger partial charge in [0.25, 0.3) is 0 Å². The van der Waals surface area contributed by atoms with E-state index in [-0.39, 0.29) is 97.5 Å². The van der Waals surface area contributed by atoms with Crippen LogP contribution in [-0.4, -0.2) is 223 Å². The number of morpholine rings is 3. The van der Waals surface area contributed by atoms with Gasteiger partial charge in [0.15, 0.2) is 27.9 Å². The second kappa shape index (κ2) is 26.3. The largest absolute Gasteiger partial charge is 0.382 e. The summed E-state index contributed by atoms with van der Waals surface area (Å²) >= 11 is 0. The number of imide groups is 6. The number of fused-ring (bicyclic) bond motifs is 12. The zero-order valence-electron chi connectivity index (χ0n) is 56.9. The number of carbonyl (C=O) groups is 9. The molecule has 33 nitrogen and oxygen atoms in total. The van der Waals surface area contributed by atoms with E-state index in [9.17, 15) is 43.2 Å². The number of ether oxygens (including phenoxy) is 4. The minimum Gasteiger partial charge on any atom is -0.382 e. The van der Waals surface area contributed by atoms with Crippen molar-refractivity contribution in [1.82, 2.24) is 72.1 Å². The van der Waals surface area contributed by atoms with Gasteiger partial charge in [-0.05, 0) is 96.0 Å². The highest BCUT2D eigenvalue weighted by Gasteiger charge is 2.67. The predicted octanol–water partition coefficient (Wildman–Crippen LogP) is 2.07. The molecule has 0 bridgehead atoms. The zero-order valence-corrected chi connectivity index (χ0v) is 56.9. The topological polar surface area (TPSA) is 396 Å². The number of urea groups is 3. The number of likely N-dealkylation sites (N-methyl/N-ethyl adjacent to an activating group) is 2. The van der Waals surface area contributed by atoms with Crippen molar-refractivity contribution in [1.29, 1.82) is 0 Å². The molecule has 6 saturated heterocycles. The van der Waals surface area contributed by atoms with Crippen LogP contribution in [0.2, 0.25) is 0 Å². The lowest BCUT2D eigenvalue weighted by molar-refractivity contribution is -0.156. The molecule has 12 heterocycles. The number of aromatic nitrogens is 6. The number of barbiturate groups is 3. The molecule has 3 spiro atoms. The average Bonchev–Trinajstić information content (AvgIpc) is 0.808. The van der Waals surface area contributed by atoms with Crippen LogP contribution in [0.3, 0.4) is 0 Å². The highest BCUT2D eigenvalue weighted by molar-refractivity contribution is 6.22. The minimum absolute atomic E-state index is 0.0569. The van der Waals surface area contributed by atoms with Gasteiger partial charge in [0.2, 0.25) is 70.6 Å². The second-order valence-corrected chi connectivity index (χ2v) is 27.2. The molecule has 15 rings (SSSR count). The van der Waals surface area contributed by atoms with E-state index in [1.807, 2.05) is 38.0 Å². The van der Waals surface area contributed by atoms with Crippen molar-refractivity contribution in [3.8, 4) is 34.2 Å². The molecule has 540 valence electrons. The number of nitrogens with zero attached hydrogens (tertiary/aromatic N) is 11. The first-order valence-electron chi connectivity index (χ1n) is 32.5. The van der Waals surface area contributed by atoms with Gasteiger partial charge in [-0.15, -0.1) is 0 Å². The standard InChI is InChI=1S/C22H24F2N6O5.C22H25FN6O5.C21H22FN5O6/c1-9-17-22(19(31)26-21(33)27-20(22)32)6-11-5-13(18-25-10(2)35-28-18)14(23)15(24)16(11)30(17)8-12(34-9)7-29(3)4;1-10-17-22(19(30)25-21(32)26-20(22)31)7-13-5-12(18-24-11(2)34-27-18)6-15(23)16(13)29(17)9-14(33-10)8-28(3)4;1-9-16-21(18(28)24-20(30)25-19(21)29)6-12-4-11(17-23-10(2)33-26-17)5-14(22)15(12)27(16)7-13(32-9)8-31-3/h5,9,12,17H,6-8H2,1-4H3,(H2,26,27,31,32,33);5-6,10,14,17H,7-9H2,1-4H3,(H2,25,26,30,31,32);4-5,9,13,16H,6-8H2,1-3H3,(H2,24,25,28,29,30)/t9-,12+,17+;10-,14+,17+;9-,13-,16+/m000/s1. The minimum atomic E-state index is -1.82.